The van der Waals surface area contributed by atoms with Gasteiger partial charge in [-0.25, -0.2) is 4.85 Å². The van der Waals surface area contributed by atoms with E-state index in [1.54, 1.807) is 0 Å². The zero-order valence-electron chi connectivity index (χ0n) is 24.9. The molecule has 0 fully saturated rings. The van der Waals surface area contributed by atoms with Crippen LogP contribution < -0.4 is 4.90 Å². The number of hydrogen-bond donors (Lipinski definition) is 0. The Kier molecular flexibility index (Phi) is 5.88. The Balaban J connectivity index is 1.24. The summed E-state index contributed by atoms with van der Waals surface area (Å²) in [7, 11) is 0. The Morgan fingerprint density at radius 3 is 2.07 bits per heavy atom. The van der Waals surface area contributed by atoms with Gasteiger partial charge in [-0.2, -0.15) is 0 Å². The predicted molar refractivity (Wildman–Crippen MR) is 193 cm³/mol. The quantitative estimate of drug-likeness (QED) is 0.145. The van der Waals surface area contributed by atoms with E-state index >= 15 is 0 Å². The van der Waals surface area contributed by atoms with Crippen LogP contribution in [0.15, 0.2) is 164 Å². The molecule has 0 radical (unpaired) electrons. The maximum atomic E-state index is 7.76. The molecule has 9 aromatic rings. The molecule has 0 spiro atoms. The molecule has 0 aliphatic carbocycles. The number of anilines is 3. The van der Waals surface area contributed by atoms with Crippen molar-refractivity contribution in [1.29, 1.82) is 0 Å². The van der Waals surface area contributed by atoms with Crippen LogP contribution in [0.3, 0.4) is 0 Å². The van der Waals surface area contributed by atoms with E-state index in [0.717, 1.165) is 44.6 Å². The molecule has 0 amide bonds. The van der Waals surface area contributed by atoms with Crippen LogP contribution in [-0.4, -0.2) is 4.57 Å². The number of hydrogen-bond acceptors (Lipinski definition) is 1. The summed E-state index contributed by atoms with van der Waals surface area (Å²) in [5.74, 6) is 0. The minimum Gasteiger partial charge on any atom is -0.310 e. The molecule has 0 atom stereocenters. The molecule has 1 aromatic heterocycles. The fraction of sp³-hybridized carbons (Fsp3) is 0. The molecular formula is C43H27N3. The lowest BCUT2D eigenvalue weighted by atomic mass is 10.0. The first-order valence-electron chi connectivity index (χ1n) is 15.5. The molecule has 0 aliphatic heterocycles. The Morgan fingerprint density at radius 1 is 0.478 bits per heavy atom. The third kappa shape index (κ3) is 3.98. The van der Waals surface area contributed by atoms with E-state index in [4.69, 9.17) is 6.57 Å². The van der Waals surface area contributed by atoms with Gasteiger partial charge in [0.1, 0.15) is 0 Å². The average molecular weight is 586 g/mol. The first-order chi connectivity index (χ1) is 22.8. The third-order valence-electron chi connectivity index (χ3n) is 9.14. The summed E-state index contributed by atoms with van der Waals surface area (Å²) in [6.07, 6.45) is 0. The summed E-state index contributed by atoms with van der Waals surface area (Å²) in [6.45, 7) is 7.76. The number of benzene rings is 8. The largest absolute Gasteiger partial charge is 0.310 e. The van der Waals surface area contributed by atoms with Crippen LogP contribution in [0.4, 0.5) is 22.7 Å². The highest BCUT2D eigenvalue weighted by molar-refractivity contribution is 6.26. The number of nitrogens with zero attached hydrogens (tertiary/aromatic N) is 3. The van der Waals surface area contributed by atoms with Crippen LogP contribution in [-0.2, 0) is 0 Å². The second-order valence-corrected chi connectivity index (χ2v) is 11.7. The number of aromatic nitrogens is 1. The predicted octanol–water partition coefficient (Wildman–Crippen LogP) is 12.2. The van der Waals surface area contributed by atoms with Crippen molar-refractivity contribution in [3.63, 3.8) is 0 Å². The smallest absolute Gasteiger partial charge is 0.195 e. The molecule has 214 valence electrons. The van der Waals surface area contributed by atoms with Gasteiger partial charge >= 0.3 is 0 Å². The van der Waals surface area contributed by atoms with Crippen molar-refractivity contribution in [2.45, 2.75) is 0 Å². The Bertz CT molecular complexity index is 2580. The second-order valence-electron chi connectivity index (χ2n) is 11.7. The van der Waals surface area contributed by atoms with Gasteiger partial charge in [-0.3, -0.25) is 0 Å². The standard InChI is InChI=1S/C43H27N3/c1-44-38-26-27-41-43-37(38)25-20-31-14-9-19-40(42(31)43)46(41)34-23-21-33(22-24-34)45(39-18-8-13-30-12-5-6-17-36(30)39)35-16-7-15-32(28-35)29-10-3-2-4-11-29/h2-28H. The fourth-order valence-electron chi connectivity index (χ4n) is 7.08. The molecule has 8 aromatic carbocycles. The number of fused-ring (bicyclic) bond motifs is 1. The van der Waals surface area contributed by atoms with Gasteiger partial charge in [-0.15, -0.1) is 0 Å². The Morgan fingerprint density at radius 2 is 1.20 bits per heavy atom. The molecule has 9 rings (SSSR count). The lowest BCUT2D eigenvalue weighted by Crippen LogP contribution is -2.10. The summed E-state index contributed by atoms with van der Waals surface area (Å²) >= 11 is 0. The van der Waals surface area contributed by atoms with E-state index in [1.165, 1.54) is 32.7 Å². The van der Waals surface area contributed by atoms with Crippen LogP contribution in [0.5, 0.6) is 0 Å². The van der Waals surface area contributed by atoms with Crippen LogP contribution in [0.1, 0.15) is 0 Å². The molecule has 1 heterocycles. The van der Waals surface area contributed by atoms with Crippen molar-refractivity contribution < 1.29 is 0 Å². The molecule has 3 heteroatoms. The van der Waals surface area contributed by atoms with Gasteiger partial charge in [0.05, 0.1) is 23.3 Å². The Labute approximate surface area is 267 Å². The molecular weight excluding hydrogens is 558 g/mol. The molecule has 3 nitrogen and oxygen atoms in total. The highest BCUT2D eigenvalue weighted by atomic mass is 15.1. The second kappa shape index (κ2) is 10.4. The summed E-state index contributed by atoms with van der Waals surface area (Å²) in [5, 5.41) is 6.96. The zero-order chi connectivity index (χ0) is 30.6. The van der Waals surface area contributed by atoms with Gasteiger partial charge < -0.3 is 9.47 Å². The van der Waals surface area contributed by atoms with Gasteiger partial charge in [0.25, 0.3) is 0 Å². The lowest BCUT2D eigenvalue weighted by molar-refractivity contribution is 1.18. The minimum absolute atomic E-state index is 0.691. The minimum atomic E-state index is 0.691. The van der Waals surface area contributed by atoms with Gasteiger partial charge in [0.15, 0.2) is 5.69 Å². The van der Waals surface area contributed by atoms with Crippen molar-refractivity contribution in [3.05, 3.63) is 175 Å². The first kappa shape index (κ1) is 26.1. The van der Waals surface area contributed by atoms with E-state index in [-0.39, 0.29) is 0 Å². The third-order valence-corrected chi connectivity index (χ3v) is 9.14. The summed E-state index contributed by atoms with van der Waals surface area (Å²) in [5.41, 5.74) is 9.71. The van der Waals surface area contributed by atoms with Crippen molar-refractivity contribution in [2.24, 2.45) is 0 Å². The SMILES string of the molecule is [C-]#[N+]c1ccc2c3c1ccc1cccc(c13)n2-c1ccc(N(c2cccc(-c3ccccc3)c2)c2cccc3ccccc23)cc1. The van der Waals surface area contributed by atoms with E-state index in [0.29, 0.717) is 5.69 Å². The zero-order valence-corrected chi connectivity index (χ0v) is 24.9. The van der Waals surface area contributed by atoms with E-state index in [1.807, 2.05) is 6.07 Å². The summed E-state index contributed by atoms with van der Waals surface area (Å²) in [4.78, 5) is 6.19. The monoisotopic (exact) mass is 585 g/mol. The maximum Gasteiger partial charge on any atom is 0.195 e. The normalized spacial score (nSPS) is 11.5. The molecule has 0 bridgehead atoms. The van der Waals surface area contributed by atoms with E-state index in [2.05, 4.69) is 172 Å². The molecule has 0 saturated heterocycles. The van der Waals surface area contributed by atoms with E-state index in [9.17, 15) is 0 Å². The van der Waals surface area contributed by atoms with Gasteiger partial charge in [0.2, 0.25) is 0 Å². The summed E-state index contributed by atoms with van der Waals surface area (Å²) < 4.78 is 2.33. The average Bonchev–Trinajstić information content (AvgIpc) is 3.47. The van der Waals surface area contributed by atoms with Crippen LogP contribution >= 0.6 is 0 Å². The lowest BCUT2D eigenvalue weighted by Gasteiger charge is -2.27. The molecule has 0 aliphatic rings. The van der Waals surface area contributed by atoms with Crippen molar-refractivity contribution in [3.8, 4) is 16.8 Å². The molecule has 0 unspecified atom stereocenters. The van der Waals surface area contributed by atoms with Gasteiger partial charge in [-0.1, -0.05) is 109 Å². The first-order valence-corrected chi connectivity index (χ1v) is 15.5. The van der Waals surface area contributed by atoms with Gasteiger partial charge in [-0.05, 0) is 81.9 Å². The molecule has 0 N–H and O–H groups in total. The highest BCUT2D eigenvalue weighted by Crippen LogP contribution is 2.44. The van der Waals surface area contributed by atoms with E-state index < -0.39 is 0 Å². The Hall–Kier alpha value is -6.37. The topological polar surface area (TPSA) is 12.5 Å². The van der Waals surface area contributed by atoms with Crippen molar-refractivity contribution in [2.75, 3.05) is 4.90 Å². The molecule has 0 saturated carbocycles. The molecule has 46 heavy (non-hydrogen) atoms. The number of rotatable bonds is 5. The van der Waals surface area contributed by atoms with Crippen molar-refractivity contribution >= 4 is 66.1 Å². The van der Waals surface area contributed by atoms with Crippen LogP contribution in [0, 0.1) is 6.57 Å². The maximum absolute atomic E-state index is 7.76. The summed E-state index contributed by atoms with van der Waals surface area (Å²) in [6, 6.07) is 58.0. The fourth-order valence-corrected chi connectivity index (χ4v) is 7.08. The van der Waals surface area contributed by atoms with Gasteiger partial charge in [0, 0.05) is 33.2 Å². The van der Waals surface area contributed by atoms with Crippen LogP contribution in [0.2, 0.25) is 0 Å². The van der Waals surface area contributed by atoms with Crippen molar-refractivity contribution in [1.82, 2.24) is 4.57 Å². The highest BCUT2D eigenvalue weighted by Gasteiger charge is 2.20. The van der Waals surface area contributed by atoms with Crippen LogP contribution in [0.25, 0.3) is 65.0 Å².